The van der Waals surface area contributed by atoms with E-state index in [1.54, 1.807) is 12.1 Å². The molecule has 2 heterocycles. The van der Waals surface area contributed by atoms with Crippen LogP contribution in [0.3, 0.4) is 0 Å². The average molecular weight is 636 g/mol. The molecule has 0 spiro atoms. The second-order valence-electron chi connectivity index (χ2n) is 11.7. The van der Waals surface area contributed by atoms with E-state index in [4.69, 9.17) is 34.7 Å². The molecule has 2 amide bonds. The molecule has 1 saturated heterocycles. The Morgan fingerprint density at radius 2 is 1.82 bits per heavy atom. The van der Waals surface area contributed by atoms with Crippen molar-refractivity contribution in [2.24, 2.45) is 5.73 Å². The number of fused-ring (bicyclic) bond motifs is 1. The molecular formula is C34H40Cl2N6O2. The topological polar surface area (TPSA) is 121 Å². The van der Waals surface area contributed by atoms with Crippen LogP contribution in [0.4, 0.5) is 5.95 Å². The van der Waals surface area contributed by atoms with Gasteiger partial charge in [-0.15, -0.1) is 0 Å². The van der Waals surface area contributed by atoms with Gasteiger partial charge in [-0.25, -0.2) is 4.98 Å². The lowest BCUT2D eigenvalue weighted by Gasteiger charge is -2.46. The van der Waals surface area contributed by atoms with Crippen molar-refractivity contribution in [2.45, 2.75) is 70.5 Å². The third-order valence-corrected chi connectivity index (χ3v) is 9.15. The van der Waals surface area contributed by atoms with Crippen molar-refractivity contribution in [1.82, 2.24) is 19.8 Å². The van der Waals surface area contributed by atoms with Gasteiger partial charge in [0.25, 0.3) is 0 Å². The normalized spacial score (nSPS) is 17.7. The van der Waals surface area contributed by atoms with E-state index in [1.807, 2.05) is 41.0 Å². The van der Waals surface area contributed by atoms with Crippen LogP contribution in [-0.4, -0.2) is 62.8 Å². The number of benzene rings is 3. The van der Waals surface area contributed by atoms with E-state index < -0.39 is 6.04 Å². The van der Waals surface area contributed by atoms with E-state index in [-0.39, 0.29) is 23.9 Å². The molecule has 3 aromatic carbocycles. The Labute approximate surface area is 268 Å². The zero-order valence-electron chi connectivity index (χ0n) is 25.2. The molecule has 0 aliphatic carbocycles. The Kier molecular flexibility index (Phi) is 10.1. The molecule has 1 fully saturated rings. The number of hydrogen-bond donors (Lipinski definition) is 3. The number of nitrogen functional groups attached to an aromatic ring is 1. The monoisotopic (exact) mass is 634 g/mol. The van der Waals surface area contributed by atoms with Gasteiger partial charge in [-0.3, -0.25) is 9.59 Å². The number of rotatable bonds is 10. The molecule has 0 saturated carbocycles. The molecule has 232 valence electrons. The number of carbonyl (C=O) groups excluding carboxylic acids is 2. The number of imidazole rings is 1. The van der Waals surface area contributed by atoms with Crippen LogP contribution in [0.25, 0.3) is 10.8 Å². The van der Waals surface area contributed by atoms with Crippen LogP contribution in [0.2, 0.25) is 10.0 Å². The largest absolute Gasteiger partial charge is 0.369 e. The summed E-state index contributed by atoms with van der Waals surface area (Å²) in [4.78, 5) is 38.9. The van der Waals surface area contributed by atoms with Gasteiger partial charge >= 0.3 is 0 Å². The number of halogens is 2. The number of aromatic amines is 1. The molecule has 0 bridgehead atoms. The van der Waals surface area contributed by atoms with Crippen LogP contribution in [-0.2, 0) is 35.3 Å². The summed E-state index contributed by atoms with van der Waals surface area (Å²) in [5, 5.41) is 3.27. The predicted molar refractivity (Wildman–Crippen MR) is 178 cm³/mol. The first-order valence-corrected chi connectivity index (χ1v) is 16.0. The number of carbonyl (C=O) groups is 2. The fourth-order valence-corrected chi connectivity index (χ4v) is 6.72. The van der Waals surface area contributed by atoms with Gasteiger partial charge in [0.2, 0.25) is 11.8 Å². The molecule has 3 atom stereocenters. The molecule has 8 nitrogen and oxygen atoms in total. The van der Waals surface area contributed by atoms with Gasteiger partial charge in [0.05, 0.1) is 18.2 Å². The maximum absolute atomic E-state index is 13.9. The van der Waals surface area contributed by atoms with E-state index in [0.717, 1.165) is 52.5 Å². The molecule has 1 aromatic heterocycles. The molecule has 5 N–H and O–H groups in total. The smallest absolute Gasteiger partial charge is 0.240 e. The zero-order chi connectivity index (χ0) is 31.4. The second-order valence-corrected chi connectivity index (χ2v) is 12.6. The third-order valence-electron chi connectivity index (χ3n) is 8.57. The van der Waals surface area contributed by atoms with Gasteiger partial charge in [-0.2, -0.15) is 0 Å². The number of nitrogens with two attached hydrogens (primary N) is 2. The quantitative estimate of drug-likeness (QED) is 0.210. The maximum Gasteiger partial charge on any atom is 0.240 e. The van der Waals surface area contributed by atoms with Crippen molar-refractivity contribution in [3.05, 3.63) is 93.2 Å². The zero-order valence-corrected chi connectivity index (χ0v) is 26.7. The minimum absolute atomic E-state index is 0.0525. The molecule has 10 heteroatoms. The Hall–Kier alpha value is -3.59. The number of anilines is 1. The fourth-order valence-electron chi connectivity index (χ4n) is 6.23. The number of H-pyrrole nitrogens is 1. The summed E-state index contributed by atoms with van der Waals surface area (Å²) in [5.74, 6) is 0.323. The first-order chi connectivity index (χ1) is 21.1. The summed E-state index contributed by atoms with van der Waals surface area (Å²) in [6.07, 6.45) is 3.63. The summed E-state index contributed by atoms with van der Waals surface area (Å²) < 4.78 is 0. The van der Waals surface area contributed by atoms with Gasteiger partial charge in [-0.1, -0.05) is 78.7 Å². The summed E-state index contributed by atoms with van der Waals surface area (Å²) in [6, 6.07) is 18.4. The van der Waals surface area contributed by atoms with Crippen LogP contribution >= 0.6 is 23.2 Å². The van der Waals surface area contributed by atoms with Gasteiger partial charge in [0.1, 0.15) is 0 Å². The van der Waals surface area contributed by atoms with Crippen molar-refractivity contribution in [3.8, 4) is 0 Å². The molecule has 0 radical (unpaired) electrons. The number of aromatic nitrogens is 2. The van der Waals surface area contributed by atoms with Gasteiger partial charge in [0, 0.05) is 40.9 Å². The fraction of sp³-hybridized carbons (Fsp3) is 0.382. The molecule has 1 aliphatic rings. The van der Waals surface area contributed by atoms with Crippen LogP contribution < -0.4 is 11.5 Å². The van der Waals surface area contributed by atoms with E-state index in [1.165, 1.54) is 0 Å². The molecule has 1 unspecified atom stereocenters. The lowest BCUT2D eigenvalue weighted by molar-refractivity contribution is -0.147. The lowest BCUT2D eigenvalue weighted by atomic mass is 9.97. The Bertz CT molecular complexity index is 1640. The Morgan fingerprint density at radius 1 is 1.05 bits per heavy atom. The number of nitrogens with one attached hydrogen (secondary N) is 1. The van der Waals surface area contributed by atoms with Crippen molar-refractivity contribution in [3.63, 3.8) is 0 Å². The van der Waals surface area contributed by atoms with Crippen molar-refractivity contribution < 1.29 is 9.59 Å². The maximum atomic E-state index is 13.9. The van der Waals surface area contributed by atoms with E-state index in [9.17, 15) is 9.59 Å². The number of piperazine rings is 1. The number of hydrogen-bond acceptors (Lipinski definition) is 5. The molecule has 4 aromatic rings. The highest BCUT2D eigenvalue weighted by molar-refractivity contribution is 6.35. The van der Waals surface area contributed by atoms with Gasteiger partial charge in [0.15, 0.2) is 5.95 Å². The van der Waals surface area contributed by atoms with E-state index in [2.05, 4.69) is 41.2 Å². The summed E-state index contributed by atoms with van der Waals surface area (Å²) in [7, 11) is 0. The molecular weight excluding hydrogens is 595 g/mol. The number of amides is 2. The highest BCUT2D eigenvalue weighted by Gasteiger charge is 2.38. The van der Waals surface area contributed by atoms with Crippen molar-refractivity contribution in [2.75, 3.05) is 18.8 Å². The first kappa shape index (κ1) is 31.8. The summed E-state index contributed by atoms with van der Waals surface area (Å²) in [5.41, 5.74) is 16.1. The molecule has 1 aliphatic heterocycles. The van der Waals surface area contributed by atoms with E-state index >= 15 is 0 Å². The average Bonchev–Trinajstić information content (AvgIpc) is 3.37. The van der Waals surface area contributed by atoms with Crippen LogP contribution in [0.5, 0.6) is 0 Å². The lowest BCUT2D eigenvalue weighted by Crippen LogP contribution is -2.63. The minimum Gasteiger partial charge on any atom is -0.369 e. The molecule has 44 heavy (non-hydrogen) atoms. The highest BCUT2D eigenvalue weighted by atomic mass is 35.5. The minimum atomic E-state index is -0.776. The number of nitrogens with zero attached hydrogens (tertiary/aromatic N) is 3. The van der Waals surface area contributed by atoms with Crippen molar-refractivity contribution in [1.29, 1.82) is 0 Å². The highest BCUT2D eigenvalue weighted by Crippen LogP contribution is 2.26. The summed E-state index contributed by atoms with van der Waals surface area (Å²) in [6.45, 7) is 4.90. The van der Waals surface area contributed by atoms with E-state index in [0.29, 0.717) is 48.3 Å². The Balaban J connectivity index is 1.32. The summed E-state index contributed by atoms with van der Waals surface area (Å²) >= 11 is 12.5. The van der Waals surface area contributed by atoms with Crippen LogP contribution in [0.1, 0.15) is 49.2 Å². The number of aryl methyl sites for hydroxylation is 2. The van der Waals surface area contributed by atoms with Crippen molar-refractivity contribution >= 4 is 51.7 Å². The van der Waals surface area contributed by atoms with Crippen LogP contribution in [0.15, 0.2) is 60.7 Å². The van der Waals surface area contributed by atoms with Crippen LogP contribution in [0, 0.1) is 0 Å². The Morgan fingerprint density at radius 3 is 2.57 bits per heavy atom. The second kappa shape index (κ2) is 14.0. The first-order valence-electron chi connectivity index (χ1n) is 15.2. The standard InChI is InChI=1S/C34H40Cl2N6O2/c1-3-30-31(40-34(38)39-30)10-6-9-27-20-41(32(43)16-22-11-12-23-7-4-5-8-24(23)15-22)21(2)19-42(27)33(44)29(37)17-25-13-14-26(35)18-28(25)36/h4-5,7-8,11-15,18,21,27,29H,3,6,9-10,16-17,19-20,37H2,1-2H3,(H3,38,39,40)/t21-,27?,29-/m1/s1. The molecule has 5 rings (SSSR count). The predicted octanol–water partition coefficient (Wildman–Crippen LogP) is 5.58. The SMILES string of the molecule is CCc1nc(N)[nH]c1CCCC1CN(C(=O)Cc2ccc3ccccc3c2)[C@H](C)CN1C(=O)[C@H](N)Cc1ccc(Cl)cc1Cl. The van der Waals surface area contributed by atoms with Gasteiger partial charge < -0.3 is 26.3 Å². The van der Waals surface area contributed by atoms with Gasteiger partial charge in [-0.05, 0) is 73.1 Å². The third kappa shape index (κ3) is 7.37.